The summed E-state index contributed by atoms with van der Waals surface area (Å²) in [7, 11) is 1.81. The van der Waals surface area contributed by atoms with E-state index in [2.05, 4.69) is 5.32 Å². The summed E-state index contributed by atoms with van der Waals surface area (Å²) >= 11 is 0. The number of anilines is 1. The predicted octanol–water partition coefficient (Wildman–Crippen LogP) is 1.99. The molecule has 4 rings (SSSR count). The molecule has 2 saturated heterocycles. The van der Waals surface area contributed by atoms with E-state index in [1.807, 2.05) is 31.0 Å². The molecule has 0 spiro atoms. The van der Waals surface area contributed by atoms with E-state index in [4.69, 9.17) is 9.47 Å². The van der Waals surface area contributed by atoms with Gasteiger partial charge in [0.15, 0.2) is 11.5 Å². The third-order valence-corrected chi connectivity index (χ3v) is 5.31. The Morgan fingerprint density at radius 2 is 1.84 bits per heavy atom. The molecule has 2 atom stereocenters. The van der Waals surface area contributed by atoms with Crippen molar-refractivity contribution in [2.75, 3.05) is 32.1 Å². The molecule has 1 aromatic carbocycles. The normalized spacial score (nSPS) is 25.0. The summed E-state index contributed by atoms with van der Waals surface area (Å²) in [6, 6.07) is 3.63. The zero-order valence-electron chi connectivity index (χ0n) is 14.6. The zero-order chi connectivity index (χ0) is 17.6. The van der Waals surface area contributed by atoms with Crippen LogP contribution in [0.1, 0.15) is 24.8 Å². The van der Waals surface area contributed by atoms with E-state index in [0.717, 1.165) is 24.1 Å². The van der Waals surface area contributed by atoms with E-state index in [1.165, 1.54) is 0 Å². The van der Waals surface area contributed by atoms with E-state index >= 15 is 0 Å². The maximum Gasteiger partial charge on any atom is 0.322 e. The molecule has 2 fully saturated rings. The average Bonchev–Trinajstić information content (AvgIpc) is 2.91. The van der Waals surface area contributed by atoms with Crippen molar-refractivity contribution < 1.29 is 19.1 Å². The molecule has 3 heterocycles. The highest BCUT2D eigenvalue weighted by Gasteiger charge is 2.42. The summed E-state index contributed by atoms with van der Waals surface area (Å²) < 4.78 is 11.2. The molecular weight excluding hydrogens is 322 g/mol. The Morgan fingerprint density at radius 3 is 2.60 bits per heavy atom. The van der Waals surface area contributed by atoms with Crippen LogP contribution in [-0.2, 0) is 4.79 Å². The fourth-order valence-electron chi connectivity index (χ4n) is 3.95. The topological polar surface area (TPSA) is 71.1 Å². The number of ether oxygens (including phenoxy) is 2. The number of carbonyl (C=O) groups excluding carboxylic acids is 2. The van der Waals surface area contributed by atoms with Crippen LogP contribution in [0.15, 0.2) is 12.1 Å². The van der Waals surface area contributed by atoms with Crippen molar-refractivity contribution in [2.24, 2.45) is 0 Å². The molecule has 2 bridgehead atoms. The van der Waals surface area contributed by atoms with Crippen LogP contribution >= 0.6 is 0 Å². The maximum absolute atomic E-state index is 12.9. The number of hydrogen-bond donors (Lipinski definition) is 1. The molecule has 1 N–H and O–H groups in total. The molecule has 1 aromatic rings. The first-order chi connectivity index (χ1) is 12.0. The van der Waals surface area contributed by atoms with Gasteiger partial charge in [-0.15, -0.1) is 0 Å². The van der Waals surface area contributed by atoms with Crippen molar-refractivity contribution in [2.45, 2.75) is 38.3 Å². The molecule has 25 heavy (non-hydrogen) atoms. The lowest BCUT2D eigenvalue weighted by Gasteiger charge is -2.29. The maximum atomic E-state index is 12.9. The van der Waals surface area contributed by atoms with E-state index in [-0.39, 0.29) is 24.0 Å². The SMILES string of the molecule is Cc1cc2c(cc1NC(=O)N1[C@@H]3CC[C@H]1CN(C)C(=O)C3)OCCO2. The standard InChI is InChI=1S/C18H23N3O4/c1-11-7-15-16(25-6-5-24-15)9-14(11)19-18(23)21-12-3-4-13(21)10-20(2)17(22)8-12/h7,9,12-13H,3-6,8,10H2,1-2H3,(H,19,23)/t12-,13+/m1/s1. The fourth-order valence-corrected chi connectivity index (χ4v) is 3.95. The second-order valence-electron chi connectivity index (χ2n) is 7.01. The molecular formula is C18H23N3O4. The lowest BCUT2D eigenvalue weighted by Crippen LogP contribution is -2.45. The minimum absolute atomic E-state index is 0.0139. The molecule has 0 radical (unpaired) electrons. The Hall–Kier alpha value is -2.44. The largest absolute Gasteiger partial charge is 0.486 e. The summed E-state index contributed by atoms with van der Waals surface area (Å²) in [5.74, 6) is 1.48. The van der Waals surface area contributed by atoms with Crippen LogP contribution in [0.25, 0.3) is 0 Å². The summed E-state index contributed by atoms with van der Waals surface area (Å²) in [5.41, 5.74) is 1.64. The molecule has 134 valence electrons. The number of aryl methyl sites for hydroxylation is 1. The molecule has 3 aliphatic rings. The van der Waals surface area contributed by atoms with E-state index in [0.29, 0.717) is 37.7 Å². The summed E-state index contributed by atoms with van der Waals surface area (Å²) in [5, 5.41) is 3.01. The molecule has 3 amide bonds. The first-order valence-electron chi connectivity index (χ1n) is 8.76. The van der Waals surface area contributed by atoms with Crippen LogP contribution in [0, 0.1) is 6.92 Å². The molecule has 0 unspecified atom stereocenters. The van der Waals surface area contributed by atoms with Crippen molar-refractivity contribution >= 4 is 17.6 Å². The van der Waals surface area contributed by atoms with Gasteiger partial charge in [0.05, 0.1) is 6.04 Å². The van der Waals surface area contributed by atoms with Gasteiger partial charge in [0.25, 0.3) is 0 Å². The Balaban J connectivity index is 1.55. The van der Waals surface area contributed by atoms with Crippen molar-refractivity contribution in [1.82, 2.24) is 9.80 Å². The third-order valence-electron chi connectivity index (χ3n) is 5.31. The first-order valence-corrected chi connectivity index (χ1v) is 8.76. The number of urea groups is 1. The third kappa shape index (κ3) is 2.88. The second-order valence-corrected chi connectivity index (χ2v) is 7.01. The van der Waals surface area contributed by atoms with E-state index < -0.39 is 0 Å². The first kappa shape index (κ1) is 16.1. The van der Waals surface area contributed by atoms with Gasteiger partial charge >= 0.3 is 6.03 Å². The number of fused-ring (bicyclic) bond motifs is 3. The lowest BCUT2D eigenvalue weighted by molar-refractivity contribution is -0.130. The Morgan fingerprint density at radius 1 is 1.16 bits per heavy atom. The van der Waals surface area contributed by atoms with Crippen molar-refractivity contribution in [3.8, 4) is 11.5 Å². The number of likely N-dealkylation sites (N-methyl/N-ethyl adjacent to an activating group) is 1. The molecule has 7 nitrogen and oxygen atoms in total. The monoisotopic (exact) mass is 345 g/mol. The van der Waals surface area contributed by atoms with Crippen LogP contribution in [0.2, 0.25) is 0 Å². The molecule has 3 aliphatic heterocycles. The van der Waals surface area contributed by atoms with Crippen LogP contribution in [0.5, 0.6) is 11.5 Å². The fraction of sp³-hybridized carbons (Fsp3) is 0.556. The lowest BCUT2D eigenvalue weighted by atomic mass is 10.1. The van der Waals surface area contributed by atoms with E-state index in [9.17, 15) is 9.59 Å². The van der Waals surface area contributed by atoms with Crippen LogP contribution in [0.4, 0.5) is 10.5 Å². The molecule has 0 aliphatic carbocycles. The highest BCUT2D eigenvalue weighted by atomic mass is 16.6. The van der Waals surface area contributed by atoms with Crippen LogP contribution in [0.3, 0.4) is 0 Å². The van der Waals surface area contributed by atoms with Crippen molar-refractivity contribution in [3.05, 3.63) is 17.7 Å². The van der Waals surface area contributed by atoms with Gasteiger partial charge in [0, 0.05) is 37.8 Å². The van der Waals surface area contributed by atoms with E-state index in [1.54, 1.807) is 4.90 Å². The molecule has 0 saturated carbocycles. The number of amides is 3. The second kappa shape index (κ2) is 6.13. The minimum Gasteiger partial charge on any atom is -0.486 e. The van der Waals surface area contributed by atoms with Crippen LogP contribution in [-0.4, -0.2) is 60.6 Å². The van der Waals surface area contributed by atoms with Crippen molar-refractivity contribution in [1.29, 1.82) is 0 Å². The number of nitrogens with zero attached hydrogens (tertiary/aromatic N) is 2. The number of likely N-dealkylation sites (tertiary alicyclic amines) is 1. The number of hydrogen-bond acceptors (Lipinski definition) is 4. The van der Waals surface area contributed by atoms with Gasteiger partial charge in [-0.2, -0.15) is 0 Å². The van der Waals surface area contributed by atoms with Gasteiger partial charge in [0.1, 0.15) is 13.2 Å². The number of nitrogens with one attached hydrogen (secondary N) is 1. The Kier molecular flexibility index (Phi) is 3.94. The van der Waals surface area contributed by atoms with Gasteiger partial charge in [0.2, 0.25) is 5.91 Å². The highest BCUT2D eigenvalue weighted by Crippen LogP contribution is 2.36. The van der Waals surface area contributed by atoms with Gasteiger partial charge < -0.3 is 24.6 Å². The van der Waals surface area contributed by atoms with Gasteiger partial charge in [-0.05, 0) is 31.4 Å². The summed E-state index contributed by atoms with van der Waals surface area (Å²) in [4.78, 5) is 28.6. The van der Waals surface area contributed by atoms with Gasteiger partial charge in [-0.3, -0.25) is 4.79 Å². The number of carbonyl (C=O) groups is 2. The molecule has 0 aromatic heterocycles. The quantitative estimate of drug-likeness (QED) is 0.845. The van der Waals surface area contributed by atoms with Gasteiger partial charge in [-0.1, -0.05) is 0 Å². The van der Waals surface area contributed by atoms with Gasteiger partial charge in [-0.25, -0.2) is 4.79 Å². The van der Waals surface area contributed by atoms with Crippen molar-refractivity contribution in [3.63, 3.8) is 0 Å². The highest BCUT2D eigenvalue weighted by molar-refractivity contribution is 5.92. The molecule has 7 heteroatoms. The number of rotatable bonds is 1. The zero-order valence-corrected chi connectivity index (χ0v) is 14.6. The van der Waals surface area contributed by atoms with Crippen LogP contribution < -0.4 is 14.8 Å². The smallest absolute Gasteiger partial charge is 0.322 e. The average molecular weight is 345 g/mol. The number of benzene rings is 1. The Labute approximate surface area is 146 Å². The Bertz CT molecular complexity index is 721. The summed E-state index contributed by atoms with van der Waals surface area (Å²) in [6.07, 6.45) is 2.23. The summed E-state index contributed by atoms with van der Waals surface area (Å²) in [6.45, 7) is 3.58. The minimum atomic E-state index is -0.143. The predicted molar refractivity (Wildman–Crippen MR) is 92.1 cm³/mol.